The van der Waals surface area contributed by atoms with Crippen molar-refractivity contribution in [3.63, 3.8) is 0 Å². The molecule has 8 nitrogen and oxygen atoms in total. The number of amides is 2. The topological polar surface area (TPSA) is 114 Å². The monoisotopic (exact) mass is 414 g/mol. The lowest BCUT2D eigenvalue weighted by Crippen LogP contribution is -2.44. The molecule has 1 heterocycles. The lowest BCUT2D eigenvalue weighted by atomic mass is 10.1. The average Bonchev–Trinajstić information content (AvgIpc) is 3.11. The van der Waals surface area contributed by atoms with Gasteiger partial charge in [0, 0.05) is 23.2 Å². The van der Waals surface area contributed by atoms with Crippen molar-refractivity contribution in [1.29, 1.82) is 0 Å². The van der Waals surface area contributed by atoms with E-state index >= 15 is 0 Å². The van der Waals surface area contributed by atoms with Crippen LogP contribution in [0.2, 0.25) is 5.02 Å². The van der Waals surface area contributed by atoms with Crippen LogP contribution >= 0.6 is 34.7 Å². The zero-order valence-electron chi connectivity index (χ0n) is 13.6. The number of thiazole rings is 1. The summed E-state index contributed by atoms with van der Waals surface area (Å²) < 4.78 is 0. The van der Waals surface area contributed by atoms with Crippen LogP contribution in [0.15, 0.2) is 29.8 Å². The van der Waals surface area contributed by atoms with Gasteiger partial charge in [-0.15, -0.1) is 11.3 Å². The molecule has 138 valence electrons. The molecule has 0 bridgehead atoms. The van der Waals surface area contributed by atoms with Crippen LogP contribution in [-0.4, -0.2) is 39.8 Å². The smallest absolute Gasteiger partial charge is 0.288 e. The molecule has 2 rings (SSSR count). The summed E-state index contributed by atoms with van der Waals surface area (Å²) in [5.41, 5.74) is -0.315. The number of benzene rings is 1. The first-order valence-electron chi connectivity index (χ1n) is 7.36. The second-order valence-corrected chi connectivity index (χ2v) is 7.34. The molecule has 0 aliphatic rings. The minimum atomic E-state index is -0.798. The third-order valence-electron chi connectivity index (χ3n) is 3.30. The van der Waals surface area contributed by atoms with Gasteiger partial charge in [0.1, 0.15) is 11.1 Å². The van der Waals surface area contributed by atoms with Gasteiger partial charge in [0.2, 0.25) is 5.91 Å². The van der Waals surface area contributed by atoms with Gasteiger partial charge in [-0.05, 0) is 30.6 Å². The summed E-state index contributed by atoms with van der Waals surface area (Å²) in [4.78, 5) is 39.1. The van der Waals surface area contributed by atoms with Crippen LogP contribution < -0.4 is 10.6 Å². The van der Waals surface area contributed by atoms with Crippen LogP contribution in [0.25, 0.3) is 0 Å². The molecule has 0 saturated carbocycles. The molecule has 0 aliphatic carbocycles. The first kappa shape index (κ1) is 20.1. The van der Waals surface area contributed by atoms with Gasteiger partial charge in [-0.3, -0.25) is 19.7 Å². The highest BCUT2D eigenvalue weighted by Gasteiger charge is 2.23. The number of nitrogens with one attached hydrogen (secondary N) is 2. The second-order valence-electron chi connectivity index (χ2n) is 5.06. The molecule has 0 fully saturated rings. The molecule has 1 aromatic carbocycles. The van der Waals surface area contributed by atoms with E-state index in [2.05, 4.69) is 15.6 Å². The Balaban J connectivity index is 2.14. The molecule has 2 aromatic rings. The second kappa shape index (κ2) is 9.51. The van der Waals surface area contributed by atoms with Crippen LogP contribution in [-0.2, 0) is 4.79 Å². The van der Waals surface area contributed by atoms with E-state index in [-0.39, 0.29) is 16.3 Å². The minimum Gasteiger partial charge on any atom is -0.340 e. The van der Waals surface area contributed by atoms with Crippen molar-refractivity contribution in [2.45, 2.75) is 12.5 Å². The zero-order valence-corrected chi connectivity index (χ0v) is 16.0. The Bertz CT molecular complexity index is 801. The number of anilines is 1. The third kappa shape index (κ3) is 5.41. The molecular formula is C15H15ClN4O4S2. The van der Waals surface area contributed by atoms with Crippen LogP contribution in [0.3, 0.4) is 0 Å². The number of rotatable bonds is 8. The Morgan fingerprint density at radius 2 is 2.23 bits per heavy atom. The number of nitro benzene ring substituents is 1. The predicted octanol–water partition coefficient (Wildman–Crippen LogP) is 3.19. The summed E-state index contributed by atoms with van der Waals surface area (Å²) >= 11 is 8.55. The van der Waals surface area contributed by atoms with Gasteiger partial charge < -0.3 is 10.6 Å². The van der Waals surface area contributed by atoms with Crippen LogP contribution in [0.1, 0.15) is 16.8 Å². The maximum atomic E-state index is 12.4. The lowest BCUT2D eigenvalue weighted by molar-refractivity contribution is -0.384. The highest BCUT2D eigenvalue weighted by Crippen LogP contribution is 2.25. The molecule has 2 amide bonds. The van der Waals surface area contributed by atoms with Crippen LogP contribution in [0.4, 0.5) is 10.8 Å². The first-order chi connectivity index (χ1) is 12.4. The van der Waals surface area contributed by atoms with Gasteiger partial charge in [-0.25, -0.2) is 4.98 Å². The summed E-state index contributed by atoms with van der Waals surface area (Å²) in [5.74, 6) is -0.340. The third-order valence-corrected chi connectivity index (χ3v) is 4.95. The molecule has 0 unspecified atom stereocenters. The molecule has 0 radical (unpaired) electrons. The number of carbonyl (C=O) groups is 2. The van der Waals surface area contributed by atoms with Crippen LogP contribution in [0.5, 0.6) is 0 Å². The van der Waals surface area contributed by atoms with E-state index in [9.17, 15) is 19.7 Å². The summed E-state index contributed by atoms with van der Waals surface area (Å²) in [6.07, 6.45) is 3.85. The number of nitrogens with zero attached hydrogens (tertiary/aromatic N) is 2. The number of hydrogen-bond acceptors (Lipinski definition) is 7. The maximum absolute atomic E-state index is 12.4. The highest BCUT2D eigenvalue weighted by molar-refractivity contribution is 7.98. The van der Waals surface area contributed by atoms with E-state index < -0.39 is 22.8 Å². The fourth-order valence-electron chi connectivity index (χ4n) is 2.02. The summed E-state index contributed by atoms with van der Waals surface area (Å²) in [6, 6.07) is 2.94. The maximum Gasteiger partial charge on any atom is 0.288 e. The van der Waals surface area contributed by atoms with E-state index in [4.69, 9.17) is 11.6 Å². The molecule has 1 aromatic heterocycles. The van der Waals surface area contributed by atoms with E-state index in [1.165, 1.54) is 35.2 Å². The fourth-order valence-corrected chi connectivity index (χ4v) is 3.21. The van der Waals surface area contributed by atoms with Crippen molar-refractivity contribution < 1.29 is 14.5 Å². The fraction of sp³-hybridized carbons (Fsp3) is 0.267. The van der Waals surface area contributed by atoms with Crippen molar-refractivity contribution >= 4 is 57.3 Å². The lowest BCUT2D eigenvalue weighted by Gasteiger charge is -2.17. The molecule has 0 saturated heterocycles. The number of thioether (sulfide) groups is 1. The van der Waals surface area contributed by atoms with Crippen molar-refractivity contribution in [2.24, 2.45) is 0 Å². The summed E-state index contributed by atoms with van der Waals surface area (Å²) in [7, 11) is 0. The number of nitro groups is 1. The van der Waals surface area contributed by atoms with Gasteiger partial charge in [-0.1, -0.05) is 11.6 Å². The minimum absolute atomic E-state index is 0.0531. The van der Waals surface area contributed by atoms with Crippen molar-refractivity contribution in [3.05, 3.63) is 50.5 Å². The Hall–Kier alpha value is -2.17. The van der Waals surface area contributed by atoms with Crippen molar-refractivity contribution in [2.75, 3.05) is 17.3 Å². The highest BCUT2D eigenvalue weighted by atomic mass is 35.5. The molecule has 2 N–H and O–H groups in total. The Morgan fingerprint density at radius 3 is 2.85 bits per heavy atom. The molecule has 26 heavy (non-hydrogen) atoms. The van der Waals surface area contributed by atoms with E-state index in [0.29, 0.717) is 17.3 Å². The average molecular weight is 415 g/mol. The van der Waals surface area contributed by atoms with Gasteiger partial charge in [-0.2, -0.15) is 11.8 Å². The summed E-state index contributed by atoms with van der Waals surface area (Å²) in [5, 5.41) is 18.3. The standard InChI is InChI=1S/C15H15ClN4O4S2/c1-25-6-4-11(14(22)19-15-17-5-7-26-15)18-13(21)9-2-3-10(16)12(8-9)20(23)24/h2-3,5,7-8,11H,4,6H2,1H3,(H,18,21)(H,17,19,22)/t11-/m0/s1. The number of aromatic nitrogens is 1. The number of hydrogen-bond donors (Lipinski definition) is 2. The molecule has 0 aliphatic heterocycles. The Kier molecular flexibility index (Phi) is 7.37. The van der Waals surface area contributed by atoms with Gasteiger partial charge in [0.15, 0.2) is 5.13 Å². The van der Waals surface area contributed by atoms with Gasteiger partial charge >= 0.3 is 0 Å². The molecule has 0 spiro atoms. The summed E-state index contributed by atoms with van der Waals surface area (Å²) in [6.45, 7) is 0. The SMILES string of the molecule is CSCC[C@H](NC(=O)c1ccc(Cl)c([N+](=O)[O-])c1)C(=O)Nc1nccs1. The van der Waals surface area contributed by atoms with E-state index in [0.717, 1.165) is 6.07 Å². The van der Waals surface area contributed by atoms with Crippen LogP contribution in [0, 0.1) is 10.1 Å². The largest absolute Gasteiger partial charge is 0.340 e. The normalized spacial score (nSPS) is 11.6. The predicted molar refractivity (Wildman–Crippen MR) is 103 cm³/mol. The first-order valence-corrected chi connectivity index (χ1v) is 10.0. The van der Waals surface area contributed by atoms with E-state index in [1.807, 2.05) is 6.26 Å². The van der Waals surface area contributed by atoms with Gasteiger partial charge in [0.05, 0.1) is 4.92 Å². The number of carbonyl (C=O) groups excluding carboxylic acids is 2. The molecular weight excluding hydrogens is 400 g/mol. The Morgan fingerprint density at radius 1 is 1.46 bits per heavy atom. The quantitative estimate of drug-likeness (QED) is 0.506. The Labute approximate surface area is 162 Å². The molecule has 11 heteroatoms. The van der Waals surface area contributed by atoms with E-state index in [1.54, 1.807) is 11.6 Å². The number of halogens is 1. The van der Waals surface area contributed by atoms with Gasteiger partial charge in [0.25, 0.3) is 11.6 Å². The van der Waals surface area contributed by atoms with Crippen molar-refractivity contribution in [3.8, 4) is 0 Å². The molecule has 1 atom stereocenters. The zero-order chi connectivity index (χ0) is 19.1. The van der Waals surface area contributed by atoms with Crippen molar-refractivity contribution in [1.82, 2.24) is 10.3 Å².